The van der Waals surface area contributed by atoms with Gasteiger partial charge in [0, 0.05) is 24.2 Å². The lowest BCUT2D eigenvalue weighted by Crippen LogP contribution is -2.25. The van der Waals surface area contributed by atoms with E-state index in [1.165, 1.54) is 23.2 Å². The van der Waals surface area contributed by atoms with Crippen LogP contribution in [-0.2, 0) is 13.0 Å². The molecule has 2 aromatic heterocycles. The molecule has 0 aliphatic carbocycles. The number of rotatable bonds is 4. The van der Waals surface area contributed by atoms with E-state index in [4.69, 9.17) is 0 Å². The third kappa shape index (κ3) is 3.30. The Labute approximate surface area is 179 Å². The summed E-state index contributed by atoms with van der Waals surface area (Å²) in [5.41, 5.74) is 7.07. The lowest BCUT2D eigenvalue weighted by atomic mass is 9.91. The van der Waals surface area contributed by atoms with Crippen molar-refractivity contribution < 1.29 is 9.18 Å². The number of halogens is 1. The molecule has 0 atom stereocenters. The van der Waals surface area contributed by atoms with Gasteiger partial charge in [-0.2, -0.15) is 5.10 Å². The third-order valence-electron chi connectivity index (χ3n) is 6.03. The molecule has 1 amide bonds. The van der Waals surface area contributed by atoms with Gasteiger partial charge in [0.05, 0.1) is 12.2 Å². The lowest BCUT2D eigenvalue weighted by Gasteiger charge is -2.15. The standard InChI is InChI=1S/C25H21FN4O/c1-16-17(2)22-15-29(24-23(26)5-3-10-27-24)25(31)21(22)14-19(16)13-18-6-8-20(9-7-18)30-12-4-11-28-30/h3-12,14H,13,15H2,1-2H3. The number of nitrogens with zero attached hydrogens (tertiary/aromatic N) is 4. The lowest BCUT2D eigenvalue weighted by molar-refractivity contribution is 0.0995. The van der Waals surface area contributed by atoms with Gasteiger partial charge in [0.25, 0.3) is 5.91 Å². The van der Waals surface area contributed by atoms with Crippen LogP contribution < -0.4 is 4.90 Å². The van der Waals surface area contributed by atoms with Crippen LogP contribution in [0.15, 0.2) is 67.1 Å². The quantitative estimate of drug-likeness (QED) is 0.485. The molecule has 6 heteroatoms. The van der Waals surface area contributed by atoms with Gasteiger partial charge in [-0.05, 0) is 84.5 Å². The van der Waals surface area contributed by atoms with E-state index in [9.17, 15) is 9.18 Å². The Balaban J connectivity index is 1.46. The summed E-state index contributed by atoms with van der Waals surface area (Å²) in [5, 5.41) is 4.25. The topological polar surface area (TPSA) is 51.0 Å². The smallest absolute Gasteiger partial charge is 0.260 e. The van der Waals surface area contributed by atoms with E-state index in [1.807, 2.05) is 42.1 Å². The number of amides is 1. The van der Waals surface area contributed by atoms with Crippen molar-refractivity contribution in [2.24, 2.45) is 0 Å². The van der Waals surface area contributed by atoms with Crippen LogP contribution in [0.5, 0.6) is 0 Å². The van der Waals surface area contributed by atoms with Gasteiger partial charge in [-0.1, -0.05) is 12.1 Å². The van der Waals surface area contributed by atoms with E-state index in [-0.39, 0.29) is 11.7 Å². The maximum Gasteiger partial charge on any atom is 0.260 e. The van der Waals surface area contributed by atoms with Crippen molar-refractivity contribution in [3.8, 4) is 5.69 Å². The van der Waals surface area contributed by atoms with Crippen LogP contribution in [-0.4, -0.2) is 20.7 Å². The molecule has 4 aromatic rings. The van der Waals surface area contributed by atoms with Crippen molar-refractivity contribution >= 4 is 11.7 Å². The molecular weight excluding hydrogens is 391 g/mol. The average Bonchev–Trinajstić information content (AvgIpc) is 3.42. The number of hydrogen-bond acceptors (Lipinski definition) is 3. The van der Waals surface area contributed by atoms with E-state index in [2.05, 4.69) is 29.1 Å². The highest BCUT2D eigenvalue weighted by Gasteiger charge is 2.33. The van der Waals surface area contributed by atoms with Crippen LogP contribution in [0.1, 0.15) is 38.2 Å². The fourth-order valence-electron chi connectivity index (χ4n) is 4.15. The van der Waals surface area contributed by atoms with Crippen LogP contribution in [0.4, 0.5) is 10.2 Å². The van der Waals surface area contributed by atoms with E-state index in [0.29, 0.717) is 18.5 Å². The molecule has 5 rings (SSSR count). The molecule has 31 heavy (non-hydrogen) atoms. The zero-order valence-electron chi connectivity index (χ0n) is 17.3. The number of aromatic nitrogens is 3. The molecule has 3 heterocycles. The van der Waals surface area contributed by atoms with Crippen molar-refractivity contribution in [2.45, 2.75) is 26.8 Å². The van der Waals surface area contributed by atoms with Gasteiger partial charge >= 0.3 is 0 Å². The summed E-state index contributed by atoms with van der Waals surface area (Å²) in [4.78, 5) is 18.6. The van der Waals surface area contributed by atoms with Crippen LogP contribution in [0.2, 0.25) is 0 Å². The molecule has 0 spiro atoms. The first-order valence-corrected chi connectivity index (χ1v) is 10.2. The highest BCUT2D eigenvalue weighted by Crippen LogP contribution is 2.34. The normalized spacial score (nSPS) is 13.0. The van der Waals surface area contributed by atoms with Gasteiger partial charge in [0.2, 0.25) is 0 Å². The summed E-state index contributed by atoms with van der Waals surface area (Å²) >= 11 is 0. The summed E-state index contributed by atoms with van der Waals surface area (Å²) in [7, 11) is 0. The summed E-state index contributed by atoms with van der Waals surface area (Å²) in [5.74, 6) is -0.613. The number of benzene rings is 2. The second-order valence-corrected chi connectivity index (χ2v) is 7.81. The van der Waals surface area contributed by atoms with Crippen molar-refractivity contribution in [3.05, 3.63) is 106 Å². The van der Waals surface area contributed by atoms with Gasteiger partial charge in [-0.25, -0.2) is 14.1 Å². The molecule has 5 nitrogen and oxygen atoms in total. The summed E-state index contributed by atoms with van der Waals surface area (Å²) in [6.45, 7) is 4.45. The van der Waals surface area contributed by atoms with Crippen molar-refractivity contribution in [3.63, 3.8) is 0 Å². The molecular formula is C25H21FN4O. The minimum atomic E-state index is -0.490. The van der Waals surface area contributed by atoms with E-state index in [1.54, 1.807) is 6.20 Å². The van der Waals surface area contributed by atoms with Gasteiger partial charge in [-0.15, -0.1) is 0 Å². The van der Waals surface area contributed by atoms with Crippen LogP contribution in [0.3, 0.4) is 0 Å². The first kappa shape index (κ1) is 19.2. The Bertz CT molecular complexity index is 1280. The summed E-state index contributed by atoms with van der Waals surface area (Å²) in [6.07, 6.45) is 5.88. The van der Waals surface area contributed by atoms with Crippen molar-refractivity contribution in [2.75, 3.05) is 4.90 Å². The van der Waals surface area contributed by atoms with E-state index >= 15 is 0 Å². The molecule has 1 aliphatic heterocycles. The van der Waals surface area contributed by atoms with Crippen LogP contribution in [0.25, 0.3) is 5.69 Å². The van der Waals surface area contributed by atoms with Gasteiger partial charge in [0.15, 0.2) is 11.6 Å². The Morgan fingerprint density at radius 3 is 2.55 bits per heavy atom. The fourth-order valence-corrected chi connectivity index (χ4v) is 4.15. The summed E-state index contributed by atoms with van der Waals surface area (Å²) in [6, 6.07) is 14.9. The number of carbonyl (C=O) groups excluding carboxylic acids is 1. The highest BCUT2D eigenvalue weighted by atomic mass is 19.1. The second kappa shape index (κ2) is 7.47. The van der Waals surface area contributed by atoms with Crippen molar-refractivity contribution in [1.82, 2.24) is 14.8 Å². The minimum Gasteiger partial charge on any atom is -0.286 e. The summed E-state index contributed by atoms with van der Waals surface area (Å²) < 4.78 is 16.1. The Kier molecular flexibility index (Phi) is 4.62. The SMILES string of the molecule is Cc1c(Cc2ccc(-n3cccn3)cc2)cc2c(c1C)CN(c1ncccc1F)C2=O. The molecule has 0 N–H and O–H groups in total. The Morgan fingerprint density at radius 2 is 1.84 bits per heavy atom. The van der Waals surface area contributed by atoms with Crippen LogP contribution in [0, 0.1) is 19.7 Å². The first-order chi connectivity index (χ1) is 15.0. The zero-order valence-corrected chi connectivity index (χ0v) is 17.3. The number of pyridine rings is 1. The molecule has 0 saturated heterocycles. The molecule has 0 unspecified atom stereocenters. The molecule has 2 aromatic carbocycles. The predicted molar refractivity (Wildman–Crippen MR) is 117 cm³/mol. The fraction of sp³-hybridized carbons (Fsp3) is 0.160. The number of hydrogen-bond donors (Lipinski definition) is 0. The minimum absolute atomic E-state index is 0.0801. The number of anilines is 1. The predicted octanol–water partition coefficient (Wildman–Crippen LogP) is 4.77. The highest BCUT2D eigenvalue weighted by molar-refractivity contribution is 6.10. The van der Waals surface area contributed by atoms with E-state index in [0.717, 1.165) is 33.5 Å². The maximum absolute atomic E-state index is 14.3. The van der Waals surface area contributed by atoms with Gasteiger partial charge in [0.1, 0.15) is 0 Å². The molecule has 0 fully saturated rings. The van der Waals surface area contributed by atoms with Crippen molar-refractivity contribution in [1.29, 1.82) is 0 Å². The monoisotopic (exact) mass is 412 g/mol. The van der Waals surface area contributed by atoms with Gasteiger partial charge < -0.3 is 0 Å². The molecule has 154 valence electrons. The molecule has 0 saturated carbocycles. The Morgan fingerprint density at radius 1 is 1.03 bits per heavy atom. The zero-order chi connectivity index (χ0) is 21.5. The first-order valence-electron chi connectivity index (χ1n) is 10.2. The molecule has 1 aliphatic rings. The average molecular weight is 412 g/mol. The molecule has 0 radical (unpaired) electrons. The number of fused-ring (bicyclic) bond motifs is 1. The molecule has 0 bridgehead atoms. The second-order valence-electron chi connectivity index (χ2n) is 7.81. The Hall–Kier alpha value is -3.80. The van der Waals surface area contributed by atoms with Gasteiger partial charge in [-0.3, -0.25) is 9.69 Å². The van der Waals surface area contributed by atoms with Crippen LogP contribution >= 0.6 is 0 Å². The maximum atomic E-state index is 14.3. The number of carbonyl (C=O) groups is 1. The third-order valence-corrected chi connectivity index (χ3v) is 6.03. The largest absolute Gasteiger partial charge is 0.286 e. The van der Waals surface area contributed by atoms with E-state index < -0.39 is 5.82 Å².